The number of allylic oxidation sites excluding steroid dienone is 1. The van der Waals surface area contributed by atoms with E-state index in [0.29, 0.717) is 12.8 Å². The minimum Gasteiger partial charge on any atom is -0.478 e. The van der Waals surface area contributed by atoms with Gasteiger partial charge in [0, 0.05) is 18.8 Å². The van der Waals surface area contributed by atoms with Crippen LogP contribution >= 0.6 is 0 Å². The van der Waals surface area contributed by atoms with Crippen LogP contribution in [0.4, 0.5) is 0 Å². The van der Waals surface area contributed by atoms with Gasteiger partial charge in [0.15, 0.2) is 0 Å². The van der Waals surface area contributed by atoms with Crippen molar-refractivity contribution in [1.29, 1.82) is 0 Å². The molecule has 1 saturated carbocycles. The Hall–Kier alpha value is -3.24. The highest BCUT2D eigenvalue weighted by molar-refractivity contribution is 5.87. The fourth-order valence-corrected chi connectivity index (χ4v) is 4.62. The van der Waals surface area contributed by atoms with Crippen molar-refractivity contribution >= 4 is 22.5 Å². The van der Waals surface area contributed by atoms with Gasteiger partial charge in [-0.2, -0.15) is 0 Å². The first-order chi connectivity index (χ1) is 15.5. The summed E-state index contributed by atoms with van der Waals surface area (Å²) in [6.45, 7) is 0. The number of hydrogen-bond acceptors (Lipinski definition) is 3. The Morgan fingerprint density at radius 2 is 1.72 bits per heavy atom. The van der Waals surface area contributed by atoms with E-state index in [0.717, 1.165) is 30.4 Å². The molecule has 4 heteroatoms. The minimum atomic E-state index is -0.935. The molecular weight excluding hydrogens is 400 g/mol. The van der Waals surface area contributed by atoms with E-state index in [1.54, 1.807) is 12.1 Å². The van der Waals surface area contributed by atoms with Crippen LogP contribution in [0.15, 0.2) is 78.9 Å². The first-order valence-corrected chi connectivity index (χ1v) is 11.2. The van der Waals surface area contributed by atoms with Crippen LogP contribution in [0.5, 0.6) is 0 Å². The highest BCUT2D eigenvalue weighted by atomic mass is 16.4. The van der Waals surface area contributed by atoms with Gasteiger partial charge in [0.1, 0.15) is 5.78 Å². The molecule has 3 aromatic rings. The number of aliphatic hydroxyl groups excluding tert-OH is 1. The molecule has 3 aromatic carbocycles. The van der Waals surface area contributed by atoms with Crippen molar-refractivity contribution in [3.8, 4) is 0 Å². The maximum Gasteiger partial charge on any atom is 0.335 e. The first-order valence-electron chi connectivity index (χ1n) is 11.2. The second-order valence-corrected chi connectivity index (χ2v) is 8.65. The predicted octanol–water partition coefficient (Wildman–Crippen LogP) is 5.23. The lowest BCUT2D eigenvalue weighted by molar-refractivity contribution is -0.121. The molecule has 2 N–H and O–H groups in total. The minimum absolute atomic E-state index is 0.0433. The summed E-state index contributed by atoms with van der Waals surface area (Å²) in [4.78, 5) is 23.4. The molecule has 1 aliphatic carbocycles. The third-order valence-electron chi connectivity index (χ3n) is 6.44. The van der Waals surface area contributed by atoms with E-state index in [1.807, 2.05) is 36.4 Å². The first kappa shape index (κ1) is 22.0. The average Bonchev–Trinajstić information content (AvgIpc) is 3.15. The van der Waals surface area contributed by atoms with E-state index in [9.17, 15) is 14.7 Å². The number of fused-ring (bicyclic) bond motifs is 1. The van der Waals surface area contributed by atoms with Crippen molar-refractivity contribution in [1.82, 2.24) is 0 Å². The zero-order valence-corrected chi connectivity index (χ0v) is 18.0. The van der Waals surface area contributed by atoms with Gasteiger partial charge in [-0.25, -0.2) is 4.79 Å². The molecule has 0 aliphatic heterocycles. The number of carboxylic acid groups (broad SMARTS) is 1. The molecular formula is C28H28O4. The Bertz CT molecular complexity index is 1130. The smallest absolute Gasteiger partial charge is 0.335 e. The van der Waals surface area contributed by atoms with E-state index >= 15 is 0 Å². The van der Waals surface area contributed by atoms with Crippen molar-refractivity contribution in [2.75, 3.05) is 0 Å². The van der Waals surface area contributed by atoms with Crippen LogP contribution in [0.1, 0.15) is 40.7 Å². The summed E-state index contributed by atoms with van der Waals surface area (Å²) in [5.74, 6) is -0.550. The highest BCUT2D eigenvalue weighted by Gasteiger charge is 2.32. The largest absolute Gasteiger partial charge is 0.478 e. The number of benzene rings is 3. The van der Waals surface area contributed by atoms with Crippen molar-refractivity contribution in [2.45, 2.75) is 38.2 Å². The Morgan fingerprint density at radius 1 is 1.00 bits per heavy atom. The van der Waals surface area contributed by atoms with Crippen molar-refractivity contribution in [3.63, 3.8) is 0 Å². The fourth-order valence-electron chi connectivity index (χ4n) is 4.62. The number of aryl methyl sites for hydroxylation is 1. The van der Waals surface area contributed by atoms with Crippen LogP contribution in [-0.4, -0.2) is 28.1 Å². The molecule has 32 heavy (non-hydrogen) atoms. The molecule has 0 bridgehead atoms. The summed E-state index contributed by atoms with van der Waals surface area (Å²) in [6, 6.07) is 21.3. The maximum atomic E-state index is 12.4. The van der Waals surface area contributed by atoms with Crippen LogP contribution in [0.3, 0.4) is 0 Å². The number of hydrogen-bond donors (Lipinski definition) is 2. The molecule has 0 saturated heterocycles. The van der Waals surface area contributed by atoms with Gasteiger partial charge in [0.25, 0.3) is 0 Å². The van der Waals surface area contributed by atoms with Crippen molar-refractivity contribution in [2.24, 2.45) is 11.8 Å². The SMILES string of the molecule is O=C(O)c1ccc(CCC2C(=O)CCC2/C=C/C(O)Cc2ccc3ccccc3c2)cc1. The fraction of sp³-hybridized carbons (Fsp3) is 0.286. The molecule has 0 amide bonds. The quantitative estimate of drug-likeness (QED) is 0.482. The second-order valence-electron chi connectivity index (χ2n) is 8.65. The summed E-state index contributed by atoms with van der Waals surface area (Å²) < 4.78 is 0. The standard InChI is InChI=1S/C28H28O4/c29-25(18-20-7-9-21-3-1-2-4-24(21)17-20)14-12-22-13-16-27(30)26(22)15-8-19-5-10-23(11-6-19)28(31)32/h1-7,9-12,14,17,22,25-26,29H,8,13,15-16,18H2,(H,31,32)/b14-12+. The van der Waals surface area contributed by atoms with Gasteiger partial charge in [-0.3, -0.25) is 4.79 Å². The van der Waals surface area contributed by atoms with Gasteiger partial charge >= 0.3 is 5.97 Å². The number of Topliss-reactive ketones (excluding diaryl/α,β-unsaturated/α-hetero) is 1. The van der Waals surface area contributed by atoms with E-state index in [-0.39, 0.29) is 23.2 Å². The van der Waals surface area contributed by atoms with Crippen LogP contribution in [0.2, 0.25) is 0 Å². The lowest BCUT2D eigenvalue weighted by Crippen LogP contribution is -2.15. The number of carbonyl (C=O) groups excluding carboxylic acids is 1. The highest BCUT2D eigenvalue weighted by Crippen LogP contribution is 2.33. The molecule has 0 heterocycles. The zero-order chi connectivity index (χ0) is 22.5. The van der Waals surface area contributed by atoms with Crippen LogP contribution in [-0.2, 0) is 17.6 Å². The number of carboxylic acids is 1. The van der Waals surface area contributed by atoms with Gasteiger partial charge in [-0.15, -0.1) is 0 Å². The normalized spacial score (nSPS) is 19.6. The Balaban J connectivity index is 1.35. The summed E-state index contributed by atoms with van der Waals surface area (Å²) >= 11 is 0. The summed E-state index contributed by atoms with van der Waals surface area (Å²) in [7, 11) is 0. The van der Waals surface area contributed by atoms with Gasteiger partial charge in [-0.05, 0) is 59.2 Å². The Morgan fingerprint density at radius 3 is 2.47 bits per heavy atom. The average molecular weight is 429 g/mol. The molecule has 3 atom stereocenters. The number of ketones is 1. The number of aliphatic hydroxyl groups is 1. The third kappa shape index (κ3) is 5.32. The van der Waals surface area contributed by atoms with Crippen molar-refractivity contribution < 1.29 is 19.8 Å². The third-order valence-corrected chi connectivity index (χ3v) is 6.44. The Labute approximate surface area is 188 Å². The lowest BCUT2D eigenvalue weighted by Gasteiger charge is -2.16. The van der Waals surface area contributed by atoms with Gasteiger partial charge < -0.3 is 10.2 Å². The maximum absolute atomic E-state index is 12.4. The molecule has 0 spiro atoms. The summed E-state index contributed by atoms with van der Waals surface area (Å²) in [5.41, 5.74) is 2.39. The second kappa shape index (κ2) is 9.92. The van der Waals surface area contributed by atoms with Crippen LogP contribution in [0.25, 0.3) is 10.8 Å². The number of rotatable bonds is 8. The molecule has 4 rings (SSSR count). The molecule has 1 fully saturated rings. The van der Waals surface area contributed by atoms with E-state index in [1.165, 1.54) is 10.8 Å². The van der Waals surface area contributed by atoms with Crippen molar-refractivity contribution in [3.05, 3.63) is 95.6 Å². The monoisotopic (exact) mass is 428 g/mol. The molecule has 1 aliphatic rings. The topological polar surface area (TPSA) is 74.6 Å². The molecule has 0 aromatic heterocycles. The van der Waals surface area contributed by atoms with Crippen LogP contribution in [0, 0.1) is 11.8 Å². The van der Waals surface area contributed by atoms with E-state index < -0.39 is 12.1 Å². The van der Waals surface area contributed by atoms with E-state index in [2.05, 4.69) is 30.3 Å². The molecule has 3 unspecified atom stereocenters. The van der Waals surface area contributed by atoms with Gasteiger partial charge in [0.05, 0.1) is 11.7 Å². The van der Waals surface area contributed by atoms with Crippen LogP contribution < -0.4 is 0 Å². The molecule has 164 valence electrons. The van der Waals surface area contributed by atoms with Gasteiger partial charge in [0.2, 0.25) is 0 Å². The van der Waals surface area contributed by atoms with E-state index in [4.69, 9.17) is 5.11 Å². The lowest BCUT2D eigenvalue weighted by atomic mass is 9.88. The number of carbonyl (C=O) groups is 2. The molecule has 0 radical (unpaired) electrons. The Kier molecular flexibility index (Phi) is 6.81. The molecule has 4 nitrogen and oxygen atoms in total. The summed E-state index contributed by atoms with van der Waals surface area (Å²) in [6.07, 6.45) is 6.70. The number of aromatic carboxylic acids is 1. The predicted molar refractivity (Wildman–Crippen MR) is 126 cm³/mol. The summed E-state index contributed by atoms with van der Waals surface area (Å²) in [5, 5.41) is 21.9. The zero-order valence-electron chi connectivity index (χ0n) is 18.0. The van der Waals surface area contributed by atoms with Gasteiger partial charge in [-0.1, -0.05) is 66.7 Å².